The van der Waals surface area contributed by atoms with Crippen LogP contribution in [-0.2, 0) is 17.3 Å². The highest BCUT2D eigenvalue weighted by molar-refractivity contribution is 6.12. The molecule has 12 rings (SSSR count). The Hall–Kier alpha value is -6.64. The van der Waals surface area contributed by atoms with E-state index in [1.807, 2.05) is 0 Å². The molecule has 0 saturated heterocycles. The van der Waals surface area contributed by atoms with E-state index in [2.05, 4.69) is 196 Å². The molecule has 0 unspecified atom stereocenters. The van der Waals surface area contributed by atoms with Crippen molar-refractivity contribution in [3.8, 4) is 33.4 Å². The highest BCUT2D eigenvalue weighted by Crippen LogP contribution is 2.56. The number of furan rings is 1. The minimum atomic E-state index is -0.379. The quantitative estimate of drug-likeness (QED) is 0.180. The van der Waals surface area contributed by atoms with Crippen LogP contribution in [0.5, 0.6) is 0 Å². The second kappa shape index (κ2) is 11.2. The monoisotopic (exact) mass is 717 g/mol. The number of rotatable bonds is 4. The van der Waals surface area contributed by atoms with E-state index in [1.54, 1.807) is 0 Å². The van der Waals surface area contributed by atoms with Crippen molar-refractivity contribution in [2.45, 2.75) is 38.0 Å². The first kappa shape index (κ1) is 31.7. The Kier molecular flexibility index (Phi) is 6.34. The zero-order chi connectivity index (χ0) is 37.3. The fraction of sp³-hybridized carbons (Fsp3) is 0.111. The standard InChI is InChI=1S/C54H39NO/c1-53(2)45-21-9-6-16-39(45)42-29-27-36(32-49(42)53)55(35-26-28-38-34(31-35)30-33-14-4-5-15-37(33)38)50-25-13-20-44-43-19-12-24-48(51(43)56-52(44)50)54(3)46-22-10-7-17-40(46)41-18-8-11-23-47(41)54/h4-29,31-32H,30H2,1-3H3. The molecule has 0 radical (unpaired) electrons. The number of anilines is 3. The topological polar surface area (TPSA) is 16.4 Å². The molecule has 0 spiro atoms. The lowest BCUT2D eigenvalue weighted by Crippen LogP contribution is -2.22. The maximum absolute atomic E-state index is 7.33. The van der Waals surface area contributed by atoms with Crippen molar-refractivity contribution in [3.63, 3.8) is 0 Å². The van der Waals surface area contributed by atoms with Crippen molar-refractivity contribution in [1.82, 2.24) is 0 Å². The summed E-state index contributed by atoms with van der Waals surface area (Å²) in [6.07, 6.45) is 0.930. The van der Waals surface area contributed by atoms with Gasteiger partial charge in [-0.15, -0.1) is 0 Å². The summed E-state index contributed by atoms with van der Waals surface area (Å²) < 4.78 is 7.33. The summed E-state index contributed by atoms with van der Waals surface area (Å²) in [7, 11) is 0. The van der Waals surface area contributed by atoms with E-state index in [0.717, 1.165) is 45.4 Å². The molecule has 0 saturated carbocycles. The van der Waals surface area contributed by atoms with Crippen LogP contribution in [0.3, 0.4) is 0 Å². The summed E-state index contributed by atoms with van der Waals surface area (Å²) in [4.78, 5) is 2.44. The number of hydrogen-bond acceptors (Lipinski definition) is 2. The summed E-state index contributed by atoms with van der Waals surface area (Å²) in [6, 6.07) is 63.0. The van der Waals surface area contributed by atoms with Gasteiger partial charge in [0.1, 0.15) is 5.58 Å². The number of hydrogen-bond donors (Lipinski definition) is 0. The number of para-hydroxylation sites is 2. The van der Waals surface area contributed by atoms with Gasteiger partial charge in [-0.05, 0) is 110 Å². The second-order valence-corrected chi connectivity index (χ2v) is 16.6. The predicted molar refractivity (Wildman–Crippen MR) is 232 cm³/mol. The molecular weight excluding hydrogens is 679 g/mol. The van der Waals surface area contributed by atoms with Crippen molar-refractivity contribution in [3.05, 3.63) is 209 Å². The van der Waals surface area contributed by atoms with Gasteiger partial charge in [-0.2, -0.15) is 0 Å². The van der Waals surface area contributed by atoms with E-state index in [0.29, 0.717) is 0 Å². The van der Waals surface area contributed by atoms with E-state index in [1.165, 1.54) is 72.3 Å². The molecule has 1 aromatic heterocycles. The zero-order valence-electron chi connectivity index (χ0n) is 31.7. The molecule has 0 atom stereocenters. The van der Waals surface area contributed by atoms with E-state index < -0.39 is 0 Å². The second-order valence-electron chi connectivity index (χ2n) is 16.6. The summed E-state index contributed by atoms with van der Waals surface area (Å²) in [5.41, 5.74) is 21.8. The first-order valence-corrected chi connectivity index (χ1v) is 19.8. The maximum atomic E-state index is 7.33. The normalized spacial score (nSPS) is 14.9. The Morgan fingerprint density at radius 3 is 1.66 bits per heavy atom. The number of benzene rings is 8. The lowest BCUT2D eigenvalue weighted by Gasteiger charge is -2.29. The van der Waals surface area contributed by atoms with Gasteiger partial charge >= 0.3 is 0 Å². The predicted octanol–water partition coefficient (Wildman–Crippen LogP) is 14.3. The first-order valence-electron chi connectivity index (χ1n) is 19.8. The third-order valence-electron chi connectivity index (χ3n) is 13.4. The van der Waals surface area contributed by atoms with Gasteiger partial charge in [0.15, 0.2) is 5.58 Å². The van der Waals surface area contributed by atoms with Crippen molar-refractivity contribution in [2.75, 3.05) is 4.90 Å². The summed E-state index contributed by atoms with van der Waals surface area (Å²) in [5.74, 6) is 0. The van der Waals surface area contributed by atoms with Crippen LogP contribution in [0.4, 0.5) is 17.1 Å². The molecule has 3 aliphatic carbocycles. The number of fused-ring (bicyclic) bond motifs is 12. The van der Waals surface area contributed by atoms with Gasteiger partial charge in [0.05, 0.1) is 5.69 Å². The molecule has 1 heterocycles. The van der Waals surface area contributed by atoms with E-state index in [4.69, 9.17) is 4.42 Å². The van der Waals surface area contributed by atoms with Gasteiger partial charge in [0, 0.05) is 38.5 Å². The summed E-state index contributed by atoms with van der Waals surface area (Å²) in [5, 5.41) is 2.26. The SMILES string of the molecule is CC1(C)c2ccccc2-c2ccc(N(c3ccc4c(c3)Cc3ccccc3-4)c3cccc4c3oc3c(C5(C)c6ccccc6-c6ccccc65)cccc34)cc21. The molecular formula is C54H39NO. The Balaban J connectivity index is 1.10. The van der Waals surface area contributed by atoms with Crippen LogP contribution < -0.4 is 4.90 Å². The van der Waals surface area contributed by atoms with Crippen LogP contribution in [-0.4, -0.2) is 0 Å². The number of nitrogens with zero attached hydrogens (tertiary/aromatic N) is 1. The summed E-state index contributed by atoms with van der Waals surface area (Å²) in [6.45, 7) is 7.10. The van der Waals surface area contributed by atoms with Gasteiger partial charge in [-0.25, -0.2) is 0 Å². The van der Waals surface area contributed by atoms with E-state index in [9.17, 15) is 0 Å². The Morgan fingerprint density at radius 2 is 0.929 bits per heavy atom. The third-order valence-corrected chi connectivity index (χ3v) is 13.4. The van der Waals surface area contributed by atoms with Gasteiger partial charge < -0.3 is 9.32 Å². The molecule has 266 valence electrons. The van der Waals surface area contributed by atoms with Crippen molar-refractivity contribution in [2.24, 2.45) is 0 Å². The zero-order valence-corrected chi connectivity index (χ0v) is 31.7. The summed E-state index contributed by atoms with van der Waals surface area (Å²) >= 11 is 0. The third kappa shape index (κ3) is 4.11. The first-order chi connectivity index (χ1) is 27.4. The van der Waals surface area contributed by atoms with E-state index >= 15 is 0 Å². The Bertz CT molecular complexity index is 3080. The molecule has 2 heteroatoms. The fourth-order valence-electron chi connectivity index (χ4n) is 10.6. The van der Waals surface area contributed by atoms with Gasteiger partial charge in [0.2, 0.25) is 0 Å². The van der Waals surface area contributed by atoms with Crippen molar-refractivity contribution < 1.29 is 4.42 Å². The molecule has 0 aliphatic heterocycles. The minimum Gasteiger partial charge on any atom is -0.454 e. The molecule has 8 aromatic carbocycles. The molecule has 0 bridgehead atoms. The van der Waals surface area contributed by atoms with Gasteiger partial charge in [-0.1, -0.05) is 153 Å². The minimum absolute atomic E-state index is 0.128. The average molecular weight is 718 g/mol. The smallest absolute Gasteiger partial charge is 0.159 e. The Labute approximate surface area is 327 Å². The molecule has 56 heavy (non-hydrogen) atoms. The average Bonchev–Trinajstić information content (AvgIpc) is 3.95. The van der Waals surface area contributed by atoms with Gasteiger partial charge in [-0.3, -0.25) is 0 Å². The van der Waals surface area contributed by atoms with Crippen LogP contribution in [0.15, 0.2) is 174 Å². The maximum Gasteiger partial charge on any atom is 0.159 e. The van der Waals surface area contributed by atoms with Crippen LogP contribution >= 0.6 is 0 Å². The lowest BCUT2D eigenvalue weighted by atomic mass is 9.74. The van der Waals surface area contributed by atoms with Crippen molar-refractivity contribution >= 4 is 39.0 Å². The van der Waals surface area contributed by atoms with Gasteiger partial charge in [0.25, 0.3) is 0 Å². The molecule has 0 fully saturated rings. The molecule has 9 aromatic rings. The highest BCUT2D eigenvalue weighted by atomic mass is 16.3. The highest BCUT2D eigenvalue weighted by Gasteiger charge is 2.42. The van der Waals surface area contributed by atoms with Crippen LogP contribution in [0.2, 0.25) is 0 Å². The molecule has 0 N–H and O–H groups in total. The molecule has 3 aliphatic rings. The Morgan fingerprint density at radius 1 is 0.411 bits per heavy atom. The lowest BCUT2D eigenvalue weighted by molar-refractivity contribution is 0.638. The molecule has 0 amide bonds. The van der Waals surface area contributed by atoms with E-state index in [-0.39, 0.29) is 10.8 Å². The van der Waals surface area contributed by atoms with Crippen molar-refractivity contribution in [1.29, 1.82) is 0 Å². The molecule has 2 nitrogen and oxygen atoms in total. The van der Waals surface area contributed by atoms with Crippen LogP contribution in [0, 0.1) is 0 Å². The van der Waals surface area contributed by atoms with Crippen LogP contribution in [0.1, 0.15) is 59.7 Å². The largest absolute Gasteiger partial charge is 0.454 e. The van der Waals surface area contributed by atoms with Crippen LogP contribution in [0.25, 0.3) is 55.3 Å². The fourth-order valence-corrected chi connectivity index (χ4v) is 10.6.